The van der Waals surface area contributed by atoms with E-state index in [0.717, 1.165) is 0 Å². The third-order valence-electron chi connectivity index (χ3n) is 2.85. The van der Waals surface area contributed by atoms with Crippen molar-refractivity contribution < 1.29 is 26.7 Å². The number of ether oxygens (including phenoxy) is 1. The number of alkyl halides is 4. The first-order chi connectivity index (χ1) is 9.77. The maximum atomic E-state index is 13.6. The second kappa shape index (κ2) is 7.91. The van der Waals surface area contributed by atoms with Crippen molar-refractivity contribution in [2.45, 2.75) is 24.8 Å². The molecule has 8 heteroatoms. The molecule has 0 radical (unpaired) electrons. The molecule has 1 N–H and O–H groups in total. The molecule has 0 aliphatic heterocycles. The minimum atomic E-state index is -4.20. The Morgan fingerprint density at radius 2 is 2.00 bits per heavy atom. The van der Waals surface area contributed by atoms with Gasteiger partial charge < -0.3 is 10.1 Å². The monoisotopic (exact) mass is 331 g/mol. The van der Waals surface area contributed by atoms with Crippen molar-refractivity contribution in [3.05, 3.63) is 34.6 Å². The van der Waals surface area contributed by atoms with Crippen molar-refractivity contribution in [1.82, 2.24) is 5.32 Å². The number of nitrogens with one attached hydrogen (secondary N) is 1. The van der Waals surface area contributed by atoms with E-state index in [2.05, 4.69) is 10.1 Å². The summed E-state index contributed by atoms with van der Waals surface area (Å²) < 4.78 is 67.5. The first kappa shape index (κ1) is 18.1. The van der Waals surface area contributed by atoms with Crippen LogP contribution in [0.1, 0.15) is 5.56 Å². The van der Waals surface area contributed by atoms with Crippen LogP contribution in [0, 0.1) is 5.82 Å². The van der Waals surface area contributed by atoms with Crippen LogP contribution in [0.4, 0.5) is 22.0 Å². The molecule has 1 aromatic rings. The van der Waals surface area contributed by atoms with Crippen molar-refractivity contribution >= 4 is 11.6 Å². The maximum Gasteiger partial charge on any atom is 0.330 e. The van der Waals surface area contributed by atoms with E-state index in [1.165, 1.54) is 25.2 Å². The van der Waals surface area contributed by atoms with Gasteiger partial charge in [0.05, 0.1) is 6.61 Å². The normalized spacial score (nSPS) is 13.7. The lowest BCUT2D eigenvalue weighted by Crippen LogP contribution is -2.37. The zero-order valence-electron chi connectivity index (χ0n) is 11.2. The van der Waals surface area contributed by atoms with Crippen molar-refractivity contribution in [3.63, 3.8) is 0 Å². The molecule has 0 amide bonds. The van der Waals surface area contributed by atoms with Crippen molar-refractivity contribution in [1.29, 1.82) is 0 Å². The molecule has 1 atom stereocenters. The Bertz CT molecular complexity index is 438. The molecular formula is C13H15ClF5NO. The van der Waals surface area contributed by atoms with Gasteiger partial charge in [-0.1, -0.05) is 17.7 Å². The highest BCUT2D eigenvalue weighted by atomic mass is 35.5. The van der Waals surface area contributed by atoms with Gasteiger partial charge in [-0.2, -0.15) is 8.78 Å². The second-order valence-corrected chi connectivity index (χ2v) is 4.87. The van der Waals surface area contributed by atoms with Gasteiger partial charge in [0.1, 0.15) is 12.4 Å². The molecule has 0 saturated carbocycles. The van der Waals surface area contributed by atoms with Crippen LogP contribution in [-0.4, -0.2) is 38.7 Å². The summed E-state index contributed by atoms with van der Waals surface area (Å²) in [6.07, 6.45) is -3.70. The Kier molecular flexibility index (Phi) is 6.83. The van der Waals surface area contributed by atoms with E-state index in [1.54, 1.807) is 0 Å². The molecule has 0 heterocycles. The van der Waals surface area contributed by atoms with Gasteiger partial charge in [0.15, 0.2) is 0 Å². The molecule has 2 nitrogen and oxygen atoms in total. The average molecular weight is 332 g/mol. The van der Waals surface area contributed by atoms with Crippen molar-refractivity contribution in [2.75, 3.05) is 20.3 Å². The van der Waals surface area contributed by atoms with Crippen molar-refractivity contribution in [2.24, 2.45) is 0 Å². The predicted molar refractivity (Wildman–Crippen MR) is 69.7 cm³/mol. The summed E-state index contributed by atoms with van der Waals surface area (Å²) in [7, 11) is 1.52. The highest BCUT2D eigenvalue weighted by molar-refractivity contribution is 6.31. The van der Waals surface area contributed by atoms with Crippen LogP contribution >= 0.6 is 11.6 Å². The van der Waals surface area contributed by atoms with Gasteiger partial charge in [-0.25, -0.2) is 13.2 Å². The minimum absolute atomic E-state index is 0.0856. The predicted octanol–water partition coefficient (Wildman–Crippen LogP) is 3.53. The molecule has 0 spiro atoms. The van der Waals surface area contributed by atoms with E-state index in [1.807, 2.05) is 0 Å². The van der Waals surface area contributed by atoms with Crippen LogP contribution in [0.3, 0.4) is 0 Å². The van der Waals surface area contributed by atoms with Gasteiger partial charge in [0.2, 0.25) is 0 Å². The topological polar surface area (TPSA) is 21.3 Å². The highest BCUT2D eigenvalue weighted by Crippen LogP contribution is 2.23. The standard InChI is InChI=1S/C13H15ClF5NO/c1-20-8(6-21-7-13(18,19)12(16)17)5-9-10(14)3-2-4-11(9)15/h2-4,8,12,20H,5-7H2,1H3. The molecule has 0 aliphatic carbocycles. The number of halogens is 6. The first-order valence-electron chi connectivity index (χ1n) is 6.11. The van der Waals surface area contributed by atoms with Gasteiger partial charge >= 0.3 is 12.3 Å². The molecule has 0 fully saturated rings. The largest absolute Gasteiger partial charge is 0.373 e. The Morgan fingerprint density at radius 1 is 1.33 bits per heavy atom. The molecule has 21 heavy (non-hydrogen) atoms. The number of hydrogen-bond acceptors (Lipinski definition) is 2. The van der Waals surface area contributed by atoms with Crippen LogP contribution < -0.4 is 5.32 Å². The van der Waals surface area contributed by atoms with E-state index in [0.29, 0.717) is 0 Å². The van der Waals surface area contributed by atoms with Crippen LogP contribution in [-0.2, 0) is 11.2 Å². The SMILES string of the molecule is CNC(COCC(F)(F)C(F)F)Cc1c(F)cccc1Cl. The van der Waals surface area contributed by atoms with E-state index in [9.17, 15) is 22.0 Å². The van der Waals surface area contributed by atoms with E-state index in [-0.39, 0.29) is 23.6 Å². The Morgan fingerprint density at radius 3 is 2.52 bits per heavy atom. The molecule has 0 bridgehead atoms. The fraction of sp³-hybridized carbons (Fsp3) is 0.538. The molecular weight excluding hydrogens is 317 g/mol. The maximum absolute atomic E-state index is 13.6. The quantitative estimate of drug-likeness (QED) is 0.736. The molecule has 0 saturated heterocycles. The van der Waals surface area contributed by atoms with Gasteiger partial charge in [-0.3, -0.25) is 0 Å². The lowest BCUT2D eigenvalue weighted by molar-refractivity contribution is -0.166. The third-order valence-corrected chi connectivity index (χ3v) is 3.21. The van der Waals surface area contributed by atoms with Crippen LogP contribution in [0.25, 0.3) is 0 Å². The average Bonchev–Trinajstić information content (AvgIpc) is 2.40. The van der Waals surface area contributed by atoms with Crippen LogP contribution in [0.2, 0.25) is 5.02 Å². The summed E-state index contributed by atoms with van der Waals surface area (Å²) in [5.41, 5.74) is 0.211. The summed E-state index contributed by atoms with van der Waals surface area (Å²) in [4.78, 5) is 0. The van der Waals surface area contributed by atoms with E-state index in [4.69, 9.17) is 11.6 Å². The Balaban J connectivity index is 2.57. The number of hydrogen-bond donors (Lipinski definition) is 1. The van der Waals surface area contributed by atoms with E-state index < -0.39 is 30.8 Å². The smallest absolute Gasteiger partial charge is 0.330 e. The number of likely N-dealkylation sites (N-methyl/N-ethyl adjacent to an activating group) is 1. The molecule has 0 aliphatic rings. The summed E-state index contributed by atoms with van der Waals surface area (Å²) in [6, 6.07) is 3.63. The third kappa shape index (κ3) is 5.41. The zero-order valence-corrected chi connectivity index (χ0v) is 11.9. The Labute approximate surface area is 124 Å². The molecule has 1 rings (SSSR count). The summed E-state index contributed by atoms with van der Waals surface area (Å²) >= 11 is 5.85. The summed E-state index contributed by atoms with van der Waals surface area (Å²) in [5, 5.41) is 2.94. The lowest BCUT2D eigenvalue weighted by atomic mass is 10.1. The molecule has 1 aromatic carbocycles. The fourth-order valence-corrected chi connectivity index (χ4v) is 1.86. The highest BCUT2D eigenvalue weighted by Gasteiger charge is 2.41. The van der Waals surface area contributed by atoms with Crippen LogP contribution in [0.5, 0.6) is 0 Å². The van der Waals surface area contributed by atoms with Gasteiger partial charge in [-0.15, -0.1) is 0 Å². The van der Waals surface area contributed by atoms with Crippen molar-refractivity contribution in [3.8, 4) is 0 Å². The molecule has 0 aromatic heterocycles. The fourth-order valence-electron chi connectivity index (χ4n) is 1.62. The molecule has 1 unspecified atom stereocenters. The van der Waals surface area contributed by atoms with Gasteiger partial charge in [0, 0.05) is 16.6 Å². The molecule has 120 valence electrons. The second-order valence-electron chi connectivity index (χ2n) is 4.47. The van der Waals surface area contributed by atoms with Crippen LogP contribution in [0.15, 0.2) is 18.2 Å². The lowest BCUT2D eigenvalue weighted by Gasteiger charge is -2.20. The van der Waals surface area contributed by atoms with E-state index >= 15 is 0 Å². The summed E-state index contributed by atoms with van der Waals surface area (Å²) in [5.74, 6) is -4.73. The number of benzene rings is 1. The zero-order chi connectivity index (χ0) is 16.0. The minimum Gasteiger partial charge on any atom is -0.373 e. The summed E-state index contributed by atoms with van der Waals surface area (Å²) in [6.45, 7) is -1.67. The first-order valence-corrected chi connectivity index (χ1v) is 6.49. The number of rotatable bonds is 8. The van der Waals surface area contributed by atoms with Gasteiger partial charge in [0.25, 0.3) is 0 Å². The van der Waals surface area contributed by atoms with Gasteiger partial charge in [-0.05, 0) is 25.6 Å². The Hall–Kier alpha value is -0.920.